The summed E-state index contributed by atoms with van der Waals surface area (Å²) >= 11 is 0. The van der Waals surface area contributed by atoms with Crippen LogP contribution in [0.25, 0.3) is 0 Å². The molecule has 0 aromatic heterocycles. The number of carbonyl (C=O) groups is 3. The molecular weight excluding hydrogens is 266 g/mol. The van der Waals surface area contributed by atoms with Crippen LogP contribution in [0.4, 0.5) is 9.59 Å². The fourth-order valence-electron chi connectivity index (χ4n) is 1.93. The minimum atomic E-state index is -1.23. The van der Waals surface area contributed by atoms with Crippen molar-refractivity contribution in [1.82, 2.24) is 15.5 Å². The van der Waals surface area contributed by atoms with Crippen molar-refractivity contribution in [3.63, 3.8) is 0 Å². The summed E-state index contributed by atoms with van der Waals surface area (Å²) in [5.41, 5.74) is -0.643. The number of nitrogens with zero attached hydrogens (tertiary/aromatic N) is 1. The van der Waals surface area contributed by atoms with Gasteiger partial charge in [0.25, 0.3) is 0 Å². The van der Waals surface area contributed by atoms with E-state index >= 15 is 0 Å². The average Bonchev–Trinajstić information content (AvgIpc) is 2.21. The molecule has 1 heterocycles. The van der Waals surface area contributed by atoms with E-state index < -0.39 is 29.9 Å². The third-order valence-corrected chi connectivity index (χ3v) is 2.79. The van der Waals surface area contributed by atoms with E-state index in [2.05, 4.69) is 10.6 Å². The zero-order valence-corrected chi connectivity index (χ0v) is 12.1. The molecule has 0 aromatic carbocycles. The lowest BCUT2D eigenvalue weighted by Gasteiger charge is -2.36. The van der Waals surface area contributed by atoms with Crippen LogP contribution in [0, 0.1) is 0 Å². The molecule has 0 spiro atoms. The van der Waals surface area contributed by atoms with E-state index in [1.165, 1.54) is 4.90 Å². The number of carboxylic acid groups (broad SMARTS) is 1. The molecule has 1 unspecified atom stereocenters. The third kappa shape index (κ3) is 4.94. The Labute approximate surface area is 117 Å². The van der Waals surface area contributed by atoms with Crippen LogP contribution in [0.1, 0.15) is 27.2 Å². The molecule has 1 aliphatic rings. The largest absolute Gasteiger partial charge is 0.465 e. The van der Waals surface area contributed by atoms with Crippen LogP contribution in [-0.4, -0.2) is 59.4 Å². The Hall–Kier alpha value is -1.99. The molecule has 8 heteroatoms. The van der Waals surface area contributed by atoms with Crippen LogP contribution in [0.2, 0.25) is 0 Å². The van der Waals surface area contributed by atoms with Gasteiger partial charge in [-0.2, -0.15) is 0 Å². The van der Waals surface area contributed by atoms with Crippen LogP contribution in [0.3, 0.4) is 0 Å². The Morgan fingerprint density at radius 1 is 1.30 bits per heavy atom. The molecule has 1 fully saturated rings. The van der Waals surface area contributed by atoms with Gasteiger partial charge >= 0.3 is 12.2 Å². The van der Waals surface area contributed by atoms with Crippen LogP contribution >= 0.6 is 0 Å². The minimum Gasteiger partial charge on any atom is -0.465 e. The van der Waals surface area contributed by atoms with E-state index in [4.69, 9.17) is 9.84 Å². The van der Waals surface area contributed by atoms with E-state index in [-0.39, 0.29) is 18.9 Å². The zero-order valence-electron chi connectivity index (χ0n) is 12.1. The number of ether oxygens (including phenoxy) is 1. The van der Waals surface area contributed by atoms with Crippen LogP contribution in [0.5, 0.6) is 0 Å². The number of likely N-dealkylation sites (N-methyl/N-ethyl adjacent to an activating group) is 1. The van der Waals surface area contributed by atoms with Crippen molar-refractivity contribution >= 4 is 18.1 Å². The number of likely N-dealkylation sites (tertiary alicyclic amines) is 1. The molecule has 20 heavy (non-hydrogen) atoms. The first-order valence-corrected chi connectivity index (χ1v) is 6.31. The van der Waals surface area contributed by atoms with Gasteiger partial charge in [-0.15, -0.1) is 0 Å². The highest BCUT2D eigenvalue weighted by atomic mass is 16.6. The van der Waals surface area contributed by atoms with Crippen molar-refractivity contribution in [1.29, 1.82) is 0 Å². The first kappa shape index (κ1) is 16.1. The number of alkyl carbamates (subject to hydrolysis) is 1. The van der Waals surface area contributed by atoms with Gasteiger partial charge in [0, 0.05) is 20.0 Å². The summed E-state index contributed by atoms with van der Waals surface area (Å²) in [4.78, 5) is 35.5. The molecule has 0 bridgehead atoms. The molecule has 1 saturated heterocycles. The molecule has 3 amide bonds. The van der Waals surface area contributed by atoms with E-state index in [1.54, 1.807) is 27.8 Å². The van der Waals surface area contributed by atoms with Crippen molar-refractivity contribution in [2.75, 3.05) is 13.6 Å². The van der Waals surface area contributed by atoms with Crippen LogP contribution in [0.15, 0.2) is 0 Å². The highest BCUT2D eigenvalue weighted by molar-refractivity contribution is 5.79. The molecule has 8 nitrogen and oxygen atoms in total. The Morgan fingerprint density at radius 3 is 2.40 bits per heavy atom. The lowest BCUT2D eigenvalue weighted by Crippen LogP contribution is -2.61. The summed E-state index contributed by atoms with van der Waals surface area (Å²) < 4.78 is 5.13. The Kier molecular flexibility index (Phi) is 4.80. The Morgan fingerprint density at radius 2 is 1.90 bits per heavy atom. The maximum Gasteiger partial charge on any atom is 0.408 e. The summed E-state index contributed by atoms with van der Waals surface area (Å²) in [6.07, 6.45) is -1.87. The molecule has 0 aromatic rings. The van der Waals surface area contributed by atoms with Gasteiger partial charge < -0.3 is 25.4 Å². The summed E-state index contributed by atoms with van der Waals surface area (Å²) in [5, 5.41) is 13.6. The Bertz CT molecular complexity index is 404. The lowest BCUT2D eigenvalue weighted by molar-refractivity contribution is -0.133. The molecule has 2 atom stereocenters. The summed E-state index contributed by atoms with van der Waals surface area (Å²) in [5.74, 6) is -0.175. The van der Waals surface area contributed by atoms with Gasteiger partial charge in [0.15, 0.2) is 0 Å². The number of amides is 3. The Balaban J connectivity index is 2.69. The van der Waals surface area contributed by atoms with Crippen molar-refractivity contribution < 1.29 is 24.2 Å². The predicted molar refractivity (Wildman–Crippen MR) is 70.4 cm³/mol. The number of nitrogens with one attached hydrogen (secondary N) is 2. The van der Waals surface area contributed by atoms with Crippen molar-refractivity contribution in [2.24, 2.45) is 0 Å². The smallest absolute Gasteiger partial charge is 0.408 e. The van der Waals surface area contributed by atoms with E-state index in [0.29, 0.717) is 0 Å². The standard InChI is InChI=1S/C12H21N3O5/c1-12(2,3)20-11(19)14-8-6-15(4)9(16)5-7(8)13-10(17)18/h7-8,13H,5-6H2,1-4H3,(H,14,19)(H,17,18)/t7-,8?/m1/s1. The van der Waals surface area contributed by atoms with Crippen molar-refractivity contribution in [3.05, 3.63) is 0 Å². The second kappa shape index (κ2) is 5.98. The molecule has 0 aliphatic carbocycles. The first-order valence-electron chi connectivity index (χ1n) is 6.31. The summed E-state index contributed by atoms with van der Waals surface area (Å²) in [6.45, 7) is 5.42. The SMILES string of the molecule is CN1CC(NC(=O)OC(C)(C)C)[C@H](NC(=O)O)CC1=O. The van der Waals surface area contributed by atoms with Gasteiger partial charge in [-0.3, -0.25) is 4.79 Å². The average molecular weight is 287 g/mol. The van der Waals surface area contributed by atoms with Gasteiger partial charge in [0.05, 0.1) is 12.1 Å². The molecule has 0 saturated carbocycles. The first-order chi connectivity index (χ1) is 9.08. The lowest BCUT2D eigenvalue weighted by atomic mass is 9.99. The predicted octanol–water partition coefficient (Wildman–Crippen LogP) is 0.378. The second-order valence-electron chi connectivity index (χ2n) is 5.79. The van der Waals surface area contributed by atoms with Crippen LogP contribution in [-0.2, 0) is 9.53 Å². The van der Waals surface area contributed by atoms with E-state index in [9.17, 15) is 14.4 Å². The number of piperidine rings is 1. The quantitative estimate of drug-likeness (QED) is 0.680. The number of hydrogen-bond donors (Lipinski definition) is 3. The number of hydrogen-bond acceptors (Lipinski definition) is 4. The van der Waals surface area contributed by atoms with Crippen molar-refractivity contribution in [3.8, 4) is 0 Å². The summed E-state index contributed by atoms with van der Waals surface area (Å²) in [6, 6.07) is -1.19. The minimum absolute atomic E-state index is 0.00324. The molecule has 0 radical (unpaired) electrons. The monoisotopic (exact) mass is 287 g/mol. The molecule has 1 aliphatic heterocycles. The van der Waals surface area contributed by atoms with E-state index in [1.807, 2.05) is 0 Å². The van der Waals surface area contributed by atoms with Gasteiger partial charge in [-0.05, 0) is 20.8 Å². The van der Waals surface area contributed by atoms with Crippen molar-refractivity contribution in [2.45, 2.75) is 44.9 Å². The fraction of sp³-hybridized carbons (Fsp3) is 0.750. The highest BCUT2D eigenvalue weighted by Gasteiger charge is 2.35. The molecule has 3 N–H and O–H groups in total. The van der Waals surface area contributed by atoms with E-state index in [0.717, 1.165) is 0 Å². The van der Waals surface area contributed by atoms with Gasteiger partial charge in [0.1, 0.15) is 5.60 Å². The number of rotatable bonds is 2. The number of carbonyl (C=O) groups excluding carboxylic acids is 2. The second-order valence-corrected chi connectivity index (χ2v) is 5.79. The van der Waals surface area contributed by atoms with Crippen LogP contribution < -0.4 is 10.6 Å². The maximum absolute atomic E-state index is 11.7. The van der Waals surface area contributed by atoms with Gasteiger partial charge in [-0.1, -0.05) is 0 Å². The maximum atomic E-state index is 11.7. The van der Waals surface area contributed by atoms with Gasteiger partial charge in [0.2, 0.25) is 5.91 Å². The molecule has 114 valence electrons. The fourth-order valence-corrected chi connectivity index (χ4v) is 1.93. The highest BCUT2D eigenvalue weighted by Crippen LogP contribution is 2.13. The third-order valence-electron chi connectivity index (χ3n) is 2.79. The molecule has 1 rings (SSSR count). The zero-order chi connectivity index (χ0) is 15.5. The molecular formula is C12H21N3O5. The topological polar surface area (TPSA) is 108 Å². The summed E-state index contributed by atoms with van der Waals surface area (Å²) in [7, 11) is 1.60. The van der Waals surface area contributed by atoms with Gasteiger partial charge in [-0.25, -0.2) is 9.59 Å². The normalized spacial score (nSPS) is 23.2.